The molecule has 0 radical (unpaired) electrons. The maximum Gasteiger partial charge on any atom is 0.312 e. The molecule has 2 fully saturated rings. The van der Waals surface area contributed by atoms with Gasteiger partial charge in [0.05, 0.1) is 12.0 Å². The highest BCUT2D eigenvalue weighted by Crippen LogP contribution is 2.38. The van der Waals surface area contributed by atoms with Crippen LogP contribution < -0.4 is 0 Å². The number of hydrogen-bond acceptors (Lipinski definition) is 2. The normalized spacial score (nSPS) is 22.9. The molecule has 19 heavy (non-hydrogen) atoms. The Morgan fingerprint density at radius 1 is 1.21 bits per heavy atom. The van der Waals surface area contributed by atoms with Crippen LogP contribution >= 0.6 is 0 Å². The van der Waals surface area contributed by atoms with E-state index in [1.165, 1.54) is 25.7 Å². The molecule has 1 unspecified atom stereocenters. The SMILES string of the molecule is O=C(O)C(c1cn(C2CCCC2)cn1)C1CCCC1. The second-order valence-electron chi connectivity index (χ2n) is 6.04. The Kier molecular flexibility index (Phi) is 3.58. The van der Waals surface area contributed by atoms with Gasteiger partial charge >= 0.3 is 5.97 Å². The Balaban J connectivity index is 1.80. The molecule has 0 spiro atoms. The fourth-order valence-corrected chi connectivity index (χ4v) is 3.78. The average molecular weight is 262 g/mol. The van der Waals surface area contributed by atoms with Gasteiger partial charge in [-0.15, -0.1) is 0 Å². The molecule has 0 aliphatic heterocycles. The van der Waals surface area contributed by atoms with Gasteiger partial charge in [0.1, 0.15) is 5.92 Å². The lowest BCUT2D eigenvalue weighted by Gasteiger charge is -2.17. The van der Waals surface area contributed by atoms with E-state index in [1.807, 2.05) is 12.5 Å². The summed E-state index contributed by atoms with van der Waals surface area (Å²) in [5.74, 6) is -0.821. The molecule has 1 atom stereocenters. The summed E-state index contributed by atoms with van der Waals surface area (Å²) < 4.78 is 2.15. The van der Waals surface area contributed by atoms with Crippen LogP contribution in [0.5, 0.6) is 0 Å². The molecule has 0 aromatic carbocycles. The van der Waals surface area contributed by atoms with Crippen molar-refractivity contribution in [3.05, 3.63) is 18.2 Å². The molecule has 4 heteroatoms. The third-order valence-electron chi connectivity index (χ3n) is 4.82. The monoisotopic (exact) mass is 262 g/mol. The van der Waals surface area contributed by atoms with Gasteiger partial charge in [-0.1, -0.05) is 25.7 Å². The second kappa shape index (κ2) is 5.35. The molecule has 1 aromatic heterocycles. The van der Waals surface area contributed by atoms with Crippen LogP contribution in [0.1, 0.15) is 69.0 Å². The van der Waals surface area contributed by atoms with E-state index in [2.05, 4.69) is 9.55 Å². The van der Waals surface area contributed by atoms with E-state index in [0.717, 1.165) is 31.4 Å². The van der Waals surface area contributed by atoms with E-state index in [1.54, 1.807) is 0 Å². The van der Waals surface area contributed by atoms with Gasteiger partial charge in [-0.05, 0) is 31.6 Å². The highest BCUT2D eigenvalue weighted by atomic mass is 16.4. The second-order valence-corrected chi connectivity index (χ2v) is 6.04. The zero-order chi connectivity index (χ0) is 13.2. The van der Waals surface area contributed by atoms with Gasteiger partial charge < -0.3 is 9.67 Å². The summed E-state index contributed by atoms with van der Waals surface area (Å²) in [6.45, 7) is 0. The van der Waals surface area contributed by atoms with Gasteiger partial charge in [0.15, 0.2) is 0 Å². The Morgan fingerprint density at radius 3 is 2.47 bits per heavy atom. The first kappa shape index (κ1) is 12.7. The van der Waals surface area contributed by atoms with E-state index in [0.29, 0.717) is 6.04 Å². The number of carboxylic acid groups (broad SMARTS) is 1. The van der Waals surface area contributed by atoms with Gasteiger partial charge in [0.2, 0.25) is 0 Å². The topological polar surface area (TPSA) is 55.1 Å². The molecule has 4 nitrogen and oxygen atoms in total. The van der Waals surface area contributed by atoms with Crippen LogP contribution in [-0.4, -0.2) is 20.6 Å². The molecular formula is C15H22N2O2. The lowest BCUT2D eigenvalue weighted by atomic mass is 9.88. The standard InChI is InChI=1S/C15H22N2O2/c18-15(19)14(11-5-1-2-6-11)13-9-17(10-16-13)12-7-3-4-8-12/h9-12,14H,1-8H2,(H,18,19). The third kappa shape index (κ3) is 2.53. The Morgan fingerprint density at radius 2 is 1.84 bits per heavy atom. The van der Waals surface area contributed by atoms with Crippen LogP contribution in [-0.2, 0) is 4.79 Å². The van der Waals surface area contributed by atoms with Crippen LogP contribution in [0.2, 0.25) is 0 Å². The lowest BCUT2D eigenvalue weighted by Crippen LogP contribution is -2.20. The molecule has 2 aliphatic rings. The molecule has 2 aliphatic carbocycles. The lowest BCUT2D eigenvalue weighted by molar-refractivity contribution is -0.140. The minimum atomic E-state index is -0.705. The minimum Gasteiger partial charge on any atom is -0.481 e. The summed E-state index contributed by atoms with van der Waals surface area (Å²) in [7, 11) is 0. The number of carbonyl (C=O) groups is 1. The highest BCUT2D eigenvalue weighted by molar-refractivity contribution is 5.75. The van der Waals surface area contributed by atoms with Crippen LogP contribution in [0.25, 0.3) is 0 Å². The number of nitrogens with zero attached hydrogens (tertiary/aromatic N) is 2. The van der Waals surface area contributed by atoms with Crippen molar-refractivity contribution < 1.29 is 9.90 Å². The van der Waals surface area contributed by atoms with Crippen LogP contribution in [0.15, 0.2) is 12.5 Å². The van der Waals surface area contributed by atoms with Gasteiger partial charge in [-0.3, -0.25) is 4.79 Å². The van der Waals surface area contributed by atoms with Crippen LogP contribution in [0.3, 0.4) is 0 Å². The molecule has 1 aromatic rings. The number of imidazole rings is 1. The number of rotatable bonds is 4. The molecule has 0 bridgehead atoms. The van der Waals surface area contributed by atoms with Crippen LogP contribution in [0, 0.1) is 5.92 Å². The van der Waals surface area contributed by atoms with Gasteiger partial charge in [-0.2, -0.15) is 0 Å². The summed E-state index contributed by atoms with van der Waals surface area (Å²) in [4.78, 5) is 16.0. The van der Waals surface area contributed by atoms with Gasteiger partial charge in [0.25, 0.3) is 0 Å². The van der Waals surface area contributed by atoms with E-state index < -0.39 is 11.9 Å². The predicted molar refractivity (Wildman–Crippen MR) is 72.1 cm³/mol. The molecule has 1 heterocycles. The van der Waals surface area contributed by atoms with Crippen LogP contribution in [0.4, 0.5) is 0 Å². The average Bonchev–Trinajstić information content (AvgIpc) is 3.11. The Labute approximate surface area is 113 Å². The van der Waals surface area contributed by atoms with Crippen molar-refractivity contribution >= 4 is 5.97 Å². The molecule has 0 saturated heterocycles. The van der Waals surface area contributed by atoms with Crippen molar-refractivity contribution in [2.45, 2.75) is 63.3 Å². The van der Waals surface area contributed by atoms with E-state index in [9.17, 15) is 9.90 Å². The fourth-order valence-electron chi connectivity index (χ4n) is 3.78. The van der Waals surface area contributed by atoms with Crippen molar-refractivity contribution in [3.63, 3.8) is 0 Å². The molecule has 104 valence electrons. The number of hydrogen-bond donors (Lipinski definition) is 1. The summed E-state index contributed by atoms with van der Waals surface area (Å²) in [6, 6.07) is 0.541. The maximum atomic E-state index is 11.6. The van der Waals surface area contributed by atoms with Crippen molar-refractivity contribution in [1.82, 2.24) is 9.55 Å². The zero-order valence-corrected chi connectivity index (χ0v) is 11.3. The first-order valence-corrected chi connectivity index (χ1v) is 7.52. The zero-order valence-electron chi connectivity index (χ0n) is 11.3. The van der Waals surface area contributed by atoms with E-state index >= 15 is 0 Å². The fraction of sp³-hybridized carbons (Fsp3) is 0.733. The van der Waals surface area contributed by atoms with Crippen molar-refractivity contribution in [1.29, 1.82) is 0 Å². The number of aliphatic carboxylic acids is 1. The molecule has 1 N–H and O–H groups in total. The Bertz CT molecular complexity index is 443. The maximum absolute atomic E-state index is 11.6. The first-order chi connectivity index (χ1) is 9.25. The molecule has 2 saturated carbocycles. The first-order valence-electron chi connectivity index (χ1n) is 7.52. The van der Waals surface area contributed by atoms with Gasteiger partial charge in [-0.25, -0.2) is 4.98 Å². The minimum absolute atomic E-state index is 0.282. The smallest absolute Gasteiger partial charge is 0.312 e. The summed E-state index contributed by atoms with van der Waals surface area (Å²) in [6.07, 6.45) is 13.2. The highest BCUT2D eigenvalue weighted by Gasteiger charge is 2.33. The predicted octanol–water partition coefficient (Wildman–Crippen LogP) is 3.36. The Hall–Kier alpha value is -1.32. The van der Waals surface area contributed by atoms with E-state index in [-0.39, 0.29) is 5.92 Å². The van der Waals surface area contributed by atoms with Crippen molar-refractivity contribution in [3.8, 4) is 0 Å². The molecular weight excluding hydrogens is 240 g/mol. The summed E-state index contributed by atoms with van der Waals surface area (Å²) in [5.41, 5.74) is 0.770. The summed E-state index contributed by atoms with van der Waals surface area (Å²) in [5, 5.41) is 9.51. The van der Waals surface area contributed by atoms with Gasteiger partial charge in [0, 0.05) is 12.2 Å². The molecule has 0 amide bonds. The van der Waals surface area contributed by atoms with Crippen molar-refractivity contribution in [2.75, 3.05) is 0 Å². The summed E-state index contributed by atoms with van der Waals surface area (Å²) >= 11 is 0. The van der Waals surface area contributed by atoms with E-state index in [4.69, 9.17) is 0 Å². The quantitative estimate of drug-likeness (QED) is 0.905. The largest absolute Gasteiger partial charge is 0.481 e. The number of aromatic nitrogens is 2. The van der Waals surface area contributed by atoms with Crippen molar-refractivity contribution in [2.24, 2.45) is 5.92 Å². The molecule has 3 rings (SSSR count). The third-order valence-corrected chi connectivity index (χ3v) is 4.82. The number of carboxylic acids is 1.